The van der Waals surface area contributed by atoms with E-state index < -0.39 is 0 Å². The van der Waals surface area contributed by atoms with Gasteiger partial charge >= 0.3 is 0 Å². The van der Waals surface area contributed by atoms with Crippen LogP contribution in [0.4, 0.5) is 4.39 Å². The minimum atomic E-state index is -0.196. The van der Waals surface area contributed by atoms with Crippen molar-refractivity contribution in [3.63, 3.8) is 0 Å². The normalized spacial score (nSPS) is 14.7. The van der Waals surface area contributed by atoms with Crippen LogP contribution in [0.15, 0.2) is 24.3 Å². The van der Waals surface area contributed by atoms with Gasteiger partial charge in [0, 0.05) is 18.9 Å². The Hall–Kier alpha value is -1.33. The van der Waals surface area contributed by atoms with Gasteiger partial charge in [-0.3, -0.25) is 0 Å². The van der Waals surface area contributed by atoms with Crippen molar-refractivity contribution in [3.8, 4) is 0 Å². The van der Waals surface area contributed by atoms with Crippen LogP contribution in [0.2, 0.25) is 0 Å². The Morgan fingerprint density at radius 2 is 2.10 bits per heavy atom. The SMILES string of the molecule is Fc1cccc(Cc2nnc(CCCNC3CC3)s2)c1. The van der Waals surface area contributed by atoms with E-state index in [1.54, 1.807) is 23.5 Å². The van der Waals surface area contributed by atoms with Crippen LogP contribution in [0.1, 0.15) is 34.8 Å². The fourth-order valence-electron chi connectivity index (χ4n) is 2.12. The molecule has 2 aromatic rings. The second kappa shape index (κ2) is 6.41. The molecule has 1 aliphatic carbocycles. The molecule has 0 bridgehead atoms. The molecule has 0 amide bonds. The molecule has 1 aliphatic rings. The highest BCUT2D eigenvalue weighted by atomic mass is 32.1. The molecule has 0 atom stereocenters. The van der Waals surface area contributed by atoms with Gasteiger partial charge in [0.05, 0.1) is 0 Å². The summed E-state index contributed by atoms with van der Waals surface area (Å²) in [5, 5.41) is 13.9. The van der Waals surface area contributed by atoms with Gasteiger partial charge in [-0.1, -0.05) is 12.1 Å². The number of hydrogen-bond donors (Lipinski definition) is 1. The predicted molar refractivity (Wildman–Crippen MR) is 78.5 cm³/mol. The third-order valence-electron chi connectivity index (χ3n) is 3.33. The van der Waals surface area contributed by atoms with Crippen molar-refractivity contribution in [2.24, 2.45) is 0 Å². The number of nitrogens with one attached hydrogen (secondary N) is 1. The van der Waals surface area contributed by atoms with Crippen LogP contribution in [-0.2, 0) is 12.8 Å². The topological polar surface area (TPSA) is 37.8 Å². The smallest absolute Gasteiger partial charge is 0.123 e. The molecule has 0 aliphatic heterocycles. The summed E-state index contributed by atoms with van der Waals surface area (Å²) in [7, 11) is 0. The maximum absolute atomic E-state index is 13.1. The minimum Gasteiger partial charge on any atom is -0.314 e. The molecular weight excluding hydrogens is 273 g/mol. The van der Waals surface area contributed by atoms with Gasteiger partial charge in [0.15, 0.2) is 0 Å². The van der Waals surface area contributed by atoms with Gasteiger partial charge in [-0.25, -0.2) is 4.39 Å². The summed E-state index contributed by atoms with van der Waals surface area (Å²) in [6.07, 6.45) is 5.40. The van der Waals surface area contributed by atoms with Gasteiger partial charge < -0.3 is 5.32 Å². The number of halogens is 1. The van der Waals surface area contributed by atoms with Crippen LogP contribution in [0, 0.1) is 5.82 Å². The van der Waals surface area contributed by atoms with E-state index >= 15 is 0 Å². The summed E-state index contributed by atoms with van der Waals surface area (Å²) in [6, 6.07) is 7.44. The number of benzene rings is 1. The van der Waals surface area contributed by atoms with Crippen LogP contribution in [0.3, 0.4) is 0 Å². The van der Waals surface area contributed by atoms with E-state index in [-0.39, 0.29) is 5.82 Å². The molecule has 1 fully saturated rings. The molecule has 20 heavy (non-hydrogen) atoms. The summed E-state index contributed by atoms with van der Waals surface area (Å²) in [5.74, 6) is -0.196. The molecule has 1 aromatic carbocycles. The molecule has 3 nitrogen and oxygen atoms in total. The van der Waals surface area contributed by atoms with Crippen LogP contribution in [-0.4, -0.2) is 22.8 Å². The van der Waals surface area contributed by atoms with Gasteiger partial charge in [0.1, 0.15) is 15.8 Å². The third kappa shape index (κ3) is 4.08. The Bertz CT molecular complexity index is 566. The molecule has 0 unspecified atom stereocenters. The van der Waals surface area contributed by atoms with E-state index in [1.807, 2.05) is 6.07 Å². The highest BCUT2D eigenvalue weighted by Crippen LogP contribution is 2.19. The van der Waals surface area contributed by atoms with Gasteiger partial charge in [-0.15, -0.1) is 21.5 Å². The maximum Gasteiger partial charge on any atom is 0.123 e. The van der Waals surface area contributed by atoms with Crippen molar-refractivity contribution in [2.75, 3.05) is 6.54 Å². The molecule has 1 N–H and O–H groups in total. The molecular formula is C15H18FN3S. The molecule has 3 rings (SSSR count). The first-order valence-electron chi connectivity index (χ1n) is 7.09. The highest BCUT2D eigenvalue weighted by Gasteiger charge is 2.19. The van der Waals surface area contributed by atoms with Gasteiger partial charge in [-0.05, 0) is 43.5 Å². The number of aryl methyl sites for hydroxylation is 1. The molecule has 1 aromatic heterocycles. The molecule has 1 saturated carbocycles. The van der Waals surface area contributed by atoms with Crippen molar-refractivity contribution in [1.82, 2.24) is 15.5 Å². The zero-order chi connectivity index (χ0) is 13.8. The lowest BCUT2D eigenvalue weighted by Gasteiger charge is -1.99. The first kappa shape index (κ1) is 13.6. The van der Waals surface area contributed by atoms with Crippen LogP contribution in [0.5, 0.6) is 0 Å². The first-order valence-corrected chi connectivity index (χ1v) is 7.90. The van der Waals surface area contributed by atoms with Crippen molar-refractivity contribution in [3.05, 3.63) is 45.7 Å². The Balaban J connectivity index is 1.48. The molecule has 0 saturated heterocycles. The van der Waals surface area contributed by atoms with Crippen LogP contribution in [0.25, 0.3) is 0 Å². The van der Waals surface area contributed by atoms with E-state index in [9.17, 15) is 4.39 Å². The summed E-state index contributed by atoms with van der Waals surface area (Å²) in [4.78, 5) is 0. The Morgan fingerprint density at radius 3 is 2.90 bits per heavy atom. The molecule has 0 radical (unpaired) electrons. The van der Waals surface area contributed by atoms with Crippen molar-refractivity contribution < 1.29 is 4.39 Å². The first-order chi connectivity index (χ1) is 9.79. The number of rotatable bonds is 7. The van der Waals surface area contributed by atoms with E-state index in [0.29, 0.717) is 6.42 Å². The quantitative estimate of drug-likeness (QED) is 0.797. The number of nitrogens with zero attached hydrogens (tertiary/aromatic N) is 2. The highest BCUT2D eigenvalue weighted by molar-refractivity contribution is 7.11. The molecule has 1 heterocycles. The zero-order valence-electron chi connectivity index (χ0n) is 11.3. The summed E-state index contributed by atoms with van der Waals surface area (Å²) in [5.41, 5.74) is 0.947. The summed E-state index contributed by atoms with van der Waals surface area (Å²) in [6.45, 7) is 1.06. The third-order valence-corrected chi connectivity index (χ3v) is 4.31. The fourth-order valence-corrected chi connectivity index (χ4v) is 3.04. The lowest BCUT2D eigenvalue weighted by Crippen LogP contribution is -2.17. The largest absolute Gasteiger partial charge is 0.314 e. The van der Waals surface area contributed by atoms with E-state index in [2.05, 4.69) is 15.5 Å². The average Bonchev–Trinajstić information content (AvgIpc) is 3.15. The Labute approximate surface area is 122 Å². The van der Waals surface area contributed by atoms with Gasteiger partial charge in [-0.2, -0.15) is 0 Å². The molecule has 0 spiro atoms. The second-order valence-corrected chi connectivity index (χ2v) is 6.37. The Kier molecular flexibility index (Phi) is 4.38. The summed E-state index contributed by atoms with van der Waals surface area (Å²) < 4.78 is 13.1. The predicted octanol–water partition coefficient (Wildman–Crippen LogP) is 2.95. The van der Waals surface area contributed by atoms with Crippen LogP contribution >= 0.6 is 11.3 Å². The molecule has 106 valence electrons. The van der Waals surface area contributed by atoms with Gasteiger partial charge in [0.2, 0.25) is 0 Å². The van der Waals surface area contributed by atoms with Crippen molar-refractivity contribution in [1.29, 1.82) is 0 Å². The van der Waals surface area contributed by atoms with Crippen molar-refractivity contribution in [2.45, 2.75) is 38.1 Å². The second-order valence-electron chi connectivity index (χ2n) is 5.23. The van der Waals surface area contributed by atoms with E-state index in [0.717, 1.165) is 41.0 Å². The lowest BCUT2D eigenvalue weighted by atomic mass is 10.1. The minimum absolute atomic E-state index is 0.196. The summed E-state index contributed by atoms with van der Waals surface area (Å²) >= 11 is 1.64. The number of hydrogen-bond acceptors (Lipinski definition) is 4. The van der Waals surface area contributed by atoms with Gasteiger partial charge in [0.25, 0.3) is 0 Å². The standard InChI is InChI=1S/C15H18FN3S/c16-12-4-1-3-11(9-12)10-15-19-18-14(20-15)5-2-8-17-13-6-7-13/h1,3-4,9,13,17H,2,5-8,10H2. The van der Waals surface area contributed by atoms with Crippen LogP contribution < -0.4 is 5.32 Å². The monoisotopic (exact) mass is 291 g/mol. The zero-order valence-corrected chi connectivity index (χ0v) is 12.1. The lowest BCUT2D eigenvalue weighted by molar-refractivity contribution is 0.626. The van der Waals surface area contributed by atoms with Crippen molar-refractivity contribution >= 4 is 11.3 Å². The number of aromatic nitrogens is 2. The Morgan fingerprint density at radius 1 is 1.25 bits per heavy atom. The van der Waals surface area contributed by atoms with E-state index in [1.165, 1.54) is 18.9 Å². The molecule has 5 heteroatoms. The average molecular weight is 291 g/mol. The fraction of sp³-hybridized carbons (Fsp3) is 0.467. The maximum atomic E-state index is 13.1. The van der Waals surface area contributed by atoms with E-state index in [4.69, 9.17) is 0 Å².